The fourth-order valence-corrected chi connectivity index (χ4v) is 2.39. The summed E-state index contributed by atoms with van der Waals surface area (Å²) in [5, 5.41) is 18.7. The molecular weight excluding hydrogens is 274 g/mol. The zero-order valence-corrected chi connectivity index (χ0v) is 12.0. The summed E-state index contributed by atoms with van der Waals surface area (Å²) in [6.45, 7) is 3.85. The number of amides is 1. The number of aliphatic carboxylic acids is 1. The van der Waals surface area contributed by atoms with Gasteiger partial charge in [0.05, 0.1) is 12.2 Å². The van der Waals surface area contributed by atoms with E-state index in [0.29, 0.717) is 11.3 Å². The van der Waals surface area contributed by atoms with E-state index in [1.54, 1.807) is 24.3 Å². The molecule has 0 aliphatic carbocycles. The molecule has 2 N–H and O–H groups in total. The fourth-order valence-electron chi connectivity index (χ4n) is 2.39. The zero-order chi connectivity index (χ0) is 15.6. The first-order chi connectivity index (χ1) is 9.88. The summed E-state index contributed by atoms with van der Waals surface area (Å²) in [5.41, 5.74) is 0.381. The Morgan fingerprint density at radius 1 is 1.29 bits per heavy atom. The van der Waals surface area contributed by atoms with Gasteiger partial charge < -0.3 is 19.8 Å². The van der Waals surface area contributed by atoms with E-state index in [0.717, 1.165) is 0 Å². The highest BCUT2D eigenvalue weighted by Gasteiger charge is 2.39. The van der Waals surface area contributed by atoms with Crippen LogP contribution >= 0.6 is 0 Å². The number of carboxylic acid groups (broad SMARTS) is 1. The normalized spacial score (nSPS) is 21.6. The minimum atomic E-state index is -1.10. The van der Waals surface area contributed by atoms with Crippen LogP contribution in [0.1, 0.15) is 30.6 Å². The molecule has 1 fully saturated rings. The van der Waals surface area contributed by atoms with Crippen molar-refractivity contribution in [1.29, 1.82) is 0 Å². The molecule has 1 amide bonds. The Hall–Kier alpha value is -2.08. The quantitative estimate of drug-likeness (QED) is 0.869. The largest absolute Gasteiger partial charge is 0.491 e. The van der Waals surface area contributed by atoms with Gasteiger partial charge >= 0.3 is 5.97 Å². The van der Waals surface area contributed by atoms with Gasteiger partial charge in [-0.25, -0.2) is 4.79 Å². The highest BCUT2D eigenvalue weighted by atomic mass is 16.5. The van der Waals surface area contributed by atoms with Crippen LogP contribution in [0.3, 0.4) is 0 Å². The number of aliphatic hydroxyl groups is 1. The molecule has 1 heterocycles. The number of carbonyl (C=O) groups is 2. The molecule has 6 heteroatoms. The van der Waals surface area contributed by atoms with E-state index in [9.17, 15) is 14.7 Å². The standard InChI is InChI=1S/C15H19NO5/c1-9(2)21-12-5-3-10(4-6-12)14(18)16-8-11(17)7-13(16)15(19)20/h3-6,9,11,13,17H,7-8H2,1-2H3,(H,19,20)/t11-,13+/m1/s1. The summed E-state index contributed by atoms with van der Waals surface area (Å²) in [4.78, 5) is 24.7. The minimum absolute atomic E-state index is 0.0386. The molecule has 1 aromatic carbocycles. The molecule has 0 unspecified atom stereocenters. The number of benzene rings is 1. The molecule has 0 saturated carbocycles. The summed E-state index contributed by atoms with van der Waals surface area (Å²) in [6, 6.07) is 5.58. The average molecular weight is 293 g/mol. The summed E-state index contributed by atoms with van der Waals surface area (Å²) in [5.74, 6) is -0.840. The Kier molecular flexibility index (Phi) is 4.47. The van der Waals surface area contributed by atoms with Gasteiger partial charge in [0.15, 0.2) is 0 Å². The van der Waals surface area contributed by atoms with Crippen molar-refractivity contribution in [3.63, 3.8) is 0 Å². The van der Waals surface area contributed by atoms with Gasteiger partial charge in [0.1, 0.15) is 11.8 Å². The molecule has 114 valence electrons. The molecule has 1 saturated heterocycles. The molecule has 0 radical (unpaired) electrons. The lowest BCUT2D eigenvalue weighted by Gasteiger charge is -2.21. The summed E-state index contributed by atoms with van der Waals surface area (Å²) < 4.78 is 5.49. The Labute approximate surface area is 122 Å². The van der Waals surface area contributed by atoms with E-state index < -0.39 is 24.0 Å². The van der Waals surface area contributed by atoms with Crippen molar-refractivity contribution in [3.05, 3.63) is 29.8 Å². The van der Waals surface area contributed by atoms with Crippen LogP contribution in [0.5, 0.6) is 5.75 Å². The molecule has 0 aromatic heterocycles. The Bertz CT molecular complexity index is 525. The third kappa shape index (κ3) is 3.52. The molecule has 6 nitrogen and oxygen atoms in total. The van der Waals surface area contributed by atoms with Crippen LogP contribution in [-0.2, 0) is 4.79 Å². The number of ether oxygens (including phenoxy) is 1. The fraction of sp³-hybridized carbons (Fsp3) is 0.467. The van der Waals surface area contributed by atoms with Crippen molar-refractivity contribution in [2.45, 2.75) is 38.5 Å². The smallest absolute Gasteiger partial charge is 0.326 e. The van der Waals surface area contributed by atoms with Gasteiger partial charge in [0.2, 0.25) is 0 Å². The van der Waals surface area contributed by atoms with Crippen LogP contribution in [0, 0.1) is 0 Å². The van der Waals surface area contributed by atoms with Crippen molar-refractivity contribution in [3.8, 4) is 5.75 Å². The highest BCUT2D eigenvalue weighted by Crippen LogP contribution is 2.22. The van der Waals surface area contributed by atoms with Crippen LogP contribution < -0.4 is 4.74 Å². The van der Waals surface area contributed by atoms with Crippen molar-refractivity contribution in [1.82, 2.24) is 4.90 Å². The third-order valence-electron chi connectivity index (χ3n) is 3.30. The first-order valence-corrected chi connectivity index (χ1v) is 6.87. The van der Waals surface area contributed by atoms with Crippen LogP contribution in [0.15, 0.2) is 24.3 Å². The number of carboxylic acids is 1. The Balaban J connectivity index is 2.14. The zero-order valence-electron chi connectivity index (χ0n) is 12.0. The Morgan fingerprint density at radius 2 is 1.90 bits per heavy atom. The van der Waals surface area contributed by atoms with E-state index in [4.69, 9.17) is 9.84 Å². The summed E-state index contributed by atoms with van der Waals surface area (Å²) in [7, 11) is 0. The van der Waals surface area contributed by atoms with E-state index in [2.05, 4.69) is 0 Å². The molecule has 1 aliphatic rings. The summed E-state index contributed by atoms with van der Waals surface area (Å²) >= 11 is 0. The topological polar surface area (TPSA) is 87.1 Å². The van der Waals surface area contributed by atoms with Gasteiger partial charge in [-0.3, -0.25) is 4.79 Å². The van der Waals surface area contributed by atoms with Crippen LogP contribution in [-0.4, -0.2) is 51.8 Å². The molecule has 2 rings (SSSR count). The second-order valence-electron chi connectivity index (χ2n) is 5.39. The van der Waals surface area contributed by atoms with Gasteiger partial charge in [0.25, 0.3) is 5.91 Å². The number of carbonyl (C=O) groups excluding carboxylic acids is 1. The summed E-state index contributed by atoms with van der Waals surface area (Å²) in [6.07, 6.45) is -0.689. The first kappa shape index (κ1) is 15.3. The van der Waals surface area contributed by atoms with Crippen molar-refractivity contribution < 1.29 is 24.5 Å². The molecular formula is C15H19NO5. The highest BCUT2D eigenvalue weighted by molar-refractivity contribution is 5.97. The maximum atomic E-state index is 12.4. The molecule has 2 atom stereocenters. The first-order valence-electron chi connectivity index (χ1n) is 6.87. The lowest BCUT2D eigenvalue weighted by atomic mass is 10.1. The van der Waals surface area contributed by atoms with Crippen molar-refractivity contribution in [2.75, 3.05) is 6.54 Å². The molecule has 0 spiro atoms. The second-order valence-corrected chi connectivity index (χ2v) is 5.39. The predicted octanol–water partition coefficient (Wildman–Crippen LogP) is 1.13. The van der Waals surface area contributed by atoms with Crippen LogP contribution in [0.2, 0.25) is 0 Å². The van der Waals surface area contributed by atoms with Crippen LogP contribution in [0.25, 0.3) is 0 Å². The molecule has 21 heavy (non-hydrogen) atoms. The van der Waals surface area contributed by atoms with Crippen molar-refractivity contribution in [2.24, 2.45) is 0 Å². The van der Waals surface area contributed by atoms with Crippen LogP contribution in [0.4, 0.5) is 0 Å². The minimum Gasteiger partial charge on any atom is -0.491 e. The maximum absolute atomic E-state index is 12.4. The van der Waals surface area contributed by atoms with Gasteiger partial charge in [-0.05, 0) is 38.1 Å². The van der Waals surface area contributed by atoms with Crippen molar-refractivity contribution >= 4 is 11.9 Å². The molecule has 1 aliphatic heterocycles. The third-order valence-corrected chi connectivity index (χ3v) is 3.30. The average Bonchev–Trinajstić information content (AvgIpc) is 2.80. The van der Waals surface area contributed by atoms with Gasteiger partial charge in [-0.1, -0.05) is 0 Å². The maximum Gasteiger partial charge on any atom is 0.326 e. The van der Waals surface area contributed by atoms with E-state index in [1.165, 1.54) is 4.90 Å². The monoisotopic (exact) mass is 293 g/mol. The van der Waals surface area contributed by atoms with Gasteiger partial charge in [-0.2, -0.15) is 0 Å². The number of likely N-dealkylation sites (tertiary alicyclic amines) is 1. The molecule has 0 bridgehead atoms. The predicted molar refractivity (Wildman–Crippen MR) is 75.3 cm³/mol. The number of aliphatic hydroxyl groups excluding tert-OH is 1. The van der Waals surface area contributed by atoms with E-state index in [-0.39, 0.29) is 19.1 Å². The van der Waals surface area contributed by atoms with E-state index >= 15 is 0 Å². The van der Waals surface area contributed by atoms with Gasteiger partial charge in [0, 0.05) is 18.5 Å². The number of hydrogen-bond donors (Lipinski definition) is 2. The number of rotatable bonds is 4. The second kappa shape index (κ2) is 6.13. The number of β-amino-alcohol motifs (C(OH)–C–C–N with tert-alkyl or cyclic N) is 1. The number of hydrogen-bond acceptors (Lipinski definition) is 4. The number of nitrogens with zero attached hydrogens (tertiary/aromatic N) is 1. The van der Waals surface area contributed by atoms with E-state index in [1.807, 2.05) is 13.8 Å². The SMILES string of the molecule is CC(C)Oc1ccc(C(=O)N2C[C@H](O)C[C@H]2C(=O)O)cc1. The lowest BCUT2D eigenvalue weighted by molar-refractivity contribution is -0.141. The molecule has 1 aromatic rings. The lowest BCUT2D eigenvalue weighted by Crippen LogP contribution is -2.40. The Morgan fingerprint density at radius 3 is 2.43 bits per heavy atom. The van der Waals surface area contributed by atoms with Gasteiger partial charge in [-0.15, -0.1) is 0 Å².